The molecule has 4 nitrogen and oxygen atoms in total. The maximum atomic E-state index is 6.80. The van der Waals surface area contributed by atoms with Crippen LogP contribution in [0.15, 0.2) is 235 Å². The van der Waals surface area contributed by atoms with E-state index in [-0.39, 0.29) is 0 Å². The number of furan rings is 1. The summed E-state index contributed by atoms with van der Waals surface area (Å²) in [6, 6.07) is 80.8. The van der Waals surface area contributed by atoms with E-state index in [0.717, 1.165) is 94.9 Å². The van der Waals surface area contributed by atoms with Gasteiger partial charge in [0.25, 0.3) is 0 Å². The Bertz CT molecular complexity index is 3300. The second kappa shape index (κ2) is 16.3. The highest BCUT2D eigenvalue weighted by Crippen LogP contribution is 2.44. The van der Waals surface area contributed by atoms with Gasteiger partial charge in [-0.2, -0.15) is 0 Å². The summed E-state index contributed by atoms with van der Waals surface area (Å²) in [6.07, 6.45) is 0. The van der Waals surface area contributed by atoms with Crippen molar-refractivity contribution in [1.29, 1.82) is 0 Å². The lowest BCUT2D eigenvalue weighted by atomic mass is 9.94. The van der Waals surface area contributed by atoms with Crippen molar-refractivity contribution in [2.45, 2.75) is 6.92 Å². The van der Waals surface area contributed by atoms with Gasteiger partial charge < -0.3 is 9.32 Å². The van der Waals surface area contributed by atoms with E-state index in [2.05, 4.69) is 224 Å². The van der Waals surface area contributed by atoms with E-state index in [0.29, 0.717) is 5.82 Å². The predicted octanol–water partition coefficient (Wildman–Crippen LogP) is 16.2. The molecule has 2 heterocycles. The average molecular weight is 808 g/mol. The molecule has 0 aliphatic heterocycles. The van der Waals surface area contributed by atoms with Crippen molar-refractivity contribution >= 4 is 39.0 Å². The van der Waals surface area contributed by atoms with Gasteiger partial charge in [0, 0.05) is 55.7 Å². The molecular weight excluding hydrogens is 767 g/mol. The molecule has 0 N–H and O–H groups in total. The first-order chi connectivity index (χ1) is 31.2. The molecule has 4 heteroatoms. The molecule has 0 aliphatic carbocycles. The van der Waals surface area contributed by atoms with Gasteiger partial charge in [-0.25, -0.2) is 9.97 Å². The summed E-state index contributed by atoms with van der Waals surface area (Å²) in [5.41, 5.74) is 17.6. The fourth-order valence-corrected chi connectivity index (χ4v) is 8.77. The SMILES string of the molecule is Cc1c(-c2ccccc2)nc(-c2cccc(-c3ccc(-c4ccc(N(c5ccccc5)c5ccc(-c6ccccc6)cc5)cc4)c4c3oc3ccccc34)c2)nc1-c1ccccc1. The number of benzene rings is 9. The number of hydrogen-bond acceptors (Lipinski definition) is 4. The number of nitrogens with zero attached hydrogens (tertiary/aromatic N) is 3. The third-order valence-electron chi connectivity index (χ3n) is 11.9. The molecule has 0 aliphatic rings. The first kappa shape index (κ1) is 37.6. The summed E-state index contributed by atoms with van der Waals surface area (Å²) >= 11 is 0. The zero-order valence-corrected chi connectivity index (χ0v) is 34.7. The van der Waals surface area contributed by atoms with Crippen LogP contribution < -0.4 is 4.90 Å². The Balaban J connectivity index is 0.996. The molecule has 11 aromatic rings. The minimum Gasteiger partial charge on any atom is -0.455 e. The molecule has 0 amide bonds. The van der Waals surface area contributed by atoms with E-state index in [1.165, 1.54) is 11.1 Å². The molecule has 0 bridgehead atoms. The number of aromatic nitrogens is 2. The molecule has 0 spiro atoms. The van der Waals surface area contributed by atoms with E-state index >= 15 is 0 Å². The van der Waals surface area contributed by atoms with E-state index in [1.54, 1.807) is 0 Å². The van der Waals surface area contributed by atoms with Gasteiger partial charge in [0.1, 0.15) is 11.2 Å². The zero-order chi connectivity index (χ0) is 42.1. The molecule has 9 aromatic carbocycles. The number of anilines is 3. The summed E-state index contributed by atoms with van der Waals surface area (Å²) in [6.45, 7) is 2.11. The largest absolute Gasteiger partial charge is 0.455 e. The maximum absolute atomic E-state index is 6.80. The van der Waals surface area contributed by atoms with Crippen LogP contribution in [-0.2, 0) is 0 Å². The van der Waals surface area contributed by atoms with E-state index in [1.807, 2.05) is 18.2 Å². The van der Waals surface area contributed by atoms with Gasteiger partial charge in [-0.3, -0.25) is 0 Å². The van der Waals surface area contributed by atoms with E-state index in [4.69, 9.17) is 14.4 Å². The molecule has 0 saturated heterocycles. The van der Waals surface area contributed by atoms with Crippen molar-refractivity contribution in [1.82, 2.24) is 9.97 Å². The highest BCUT2D eigenvalue weighted by Gasteiger charge is 2.20. The van der Waals surface area contributed by atoms with Crippen LogP contribution in [0.5, 0.6) is 0 Å². The van der Waals surface area contributed by atoms with Crippen LogP contribution in [0.1, 0.15) is 5.56 Å². The lowest BCUT2D eigenvalue weighted by molar-refractivity contribution is 0.670. The van der Waals surface area contributed by atoms with E-state index in [9.17, 15) is 0 Å². The lowest BCUT2D eigenvalue weighted by Gasteiger charge is -2.26. The minimum absolute atomic E-state index is 0.675. The summed E-state index contributed by atoms with van der Waals surface area (Å²) in [4.78, 5) is 12.7. The quantitative estimate of drug-likeness (QED) is 0.146. The van der Waals surface area contributed by atoms with Gasteiger partial charge in [0.2, 0.25) is 0 Å². The van der Waals surface area contributed by atoms with E-state index < -0.39 is 0 Å². The Morgan fingerprint density at radius 3 is 1.44 bits per heavy atom. The van der Waals surface area contributed by atoms with Gasteiger partial charge in [0.05, 0.1) is 11.4 Å². The Morgan fingerprint density at radius 1 is 0.365 bits per heavy atom. The molecule has 63 heavy (non-hydrogen) atoms. The molecule has 0 saturated carbocycles. The van der Waals surface area contributed by atoms with Crippen molar-refractivity contribution in [2.24, 2.45) is 0 Å². The summed E-state index contributed by atoms with van der Waals surface area (Å²) in [7, 11) is 0. The molecule has 2 aromatic heterocycles. The topological polar surface area (TPSA) is 42.2 Å². The molecule has 0 atom stereocenters. The van der Waals surface area contributed by atoms with Crippen molar-refractivity contribution in [3.8, 4) is 67.3 Å². The number of para-hydroxylation sites is 2. The average Bonchev–Trinajstić information content (AvgIpc) is 3.75. The van der Waals surface area contributed by atoms with Gasteiger partial charge in [0.15, 0.2) is 5.82 Å². The third-order valence-corrected chi connectivity index (χ3v) is 11.9. The molecule has 11 rings (SSSR count). The normalized spacial score (nSPS) is 11.3. The Labute approximate surface area is 367 Å². The first-order valence-electron chi connectivity index (χ1n) is 21.3. The highest BCUT2D eigenvalue weighted by atomic mass is 16.3. The number of rotatable bonds is 9. The second-order valence-electron chi connectivity index (χ2n) is 15.8. The fraction of sp³-hybridized carbons (Fsp3) is 0.0169. The van der Waals surface area contributed by atoms with Gasteiger partial charge in [-0.1, -0.05) is 176 Å². The van der Waals surface area contributed by atoms with Crippen LogP contribution in [0.3, 0.4) is 0 Å². The standard InChI is InChI=1S/C59H41N3O/c1-40-56(44-19-8-3-9-20-44)60-59(61-57(40)45-21-10-4-11-22-45)47-24-16-23-46(39-47)52-38-37-51(55-53-27-14-15-28-54(53)63-58(52)55)43-31-35-50(36-32-43)62(48-25-12-5-13-26-48)49-33-29-42(30-34-49)41-17-6-2-7-18-41/h2-39H,1H3. The zero-order valence-electron chi connectivity index (χ0n) is 34.7. The lowest BCUT2D eigenvalue weighted by Crippen LogP contribution is -2.09. The Morgan fingerprint density at radius 2 is 0.825 bits per heavy atom. The smallest absolute Gasteiger partial charge is 0.160 e. The van der Waals surface area contributed by atoms with Crippen molar-refractivity contribution < 1.29 is 4.42 Å². The van der Waals surface area contributed by atoms with Gasteiger partial charge in [-0.15, -0.1) is 0 Å². The minimum atomic E-state index is 0.675. The van der Waals surface area contributed by atoms with Crippen molar-refractivity contribution in [3.05, 3.63) is 236 Å². The van der Waals surface area contributed by atoms with Crippen LogP contribution >= 0.6 is 0 Å². The number of hydrogen-bond donors (Lipinski definition) is 0. The molecule has 0 fully saturated rings. The summed E-state index contributed by atoms with van der Waals surface area (Å²) in [5, 5.41) is 2.16. The molecule has 0 radical (unpaired) electrons. The number of fused-ring (bicyclic) bond motifs is 3. The molecule has 0 unspecified atom stereocenters. The first-order valence-corrected chi connectivity index (χ1v) is 21.3. The summed E-state index contributed by atoms with van der Waals surface area (Å²) in [5.74, 6) is 0.675. The molecule has 298 valence electrons. The van der Waals surface area contributed by atoms with Gasteiger partial charge in [-0.05, 0) is 89.3 Å². The van der Waals surface area contributed by atoms with Gasteiger partial charge >= 0.3 is 0 Å². The Kier molecular flexibility index (Phi) is 9.72. The maximum Gasteiger partial charge on any atom is 0.160 e. The van der Waals surface area contributed by atoms with Crippen LogP contribution in [0.2, 0.25) is 0 Å². The van der Waals surface area contributed by atoms with Crippen LogP contribution in [0.25, 0.3) is 89.2 Å². The highest BCUT2D eigenvalue weighted by molar-refractivity contribution is 6.16. The fourth-order valence-electron chi connectivity index (χ4n) is 8.77. The van der Waals surface area contributed by atoms with Crippen molar-refractivity contribution in [2.75, 3.05) is 4.90 Å². The predicted molar refractivity (Wildman–Crippen MR) is 261 cm³/mol. The van der Waals surface area contributed by atoms with Crippen LogP contribution in [-0.4, -0.2) is 9.97 Å². The molecular formula is C59H41N3O. The Hall–Kier alpha value is -8.34. The summed E-state index contributed by atoms with van der Waals surface area (Å²) < 4.78 is 6.80. The second-order valence-corrected chi connectivity index (χ2v) is 15.8. The van der Waals surface area contributed by atoms with Crippen LogP contribution in [0, 0.1) is 6.92 Å². The van der Waals surface area contributed by atoms with Crippen molar-refractivity contribution in [3.63, 3.8) is 0 Å². The van der Waals surface area contributed by atoms with Crippen LogP contribution in [0.4, 0.5) is 17.1 Å². The monoisotopic (exact) mass is 807 g/mol. The third kappa shape index (κ3) is 7.14.